The van der Waals surface area contributed by atoms with Gasteiger partial charge in [-0.15, -0.1) is 12.4 Å². The van der Waals surface area contributed by atoms with E-state index in [2.05, 4.69) is 5.32 Å². The molecule has 0 atom stereocenters. The summed E-state index contributed by atoms with van der Waals surface area (Å²) in [5.41, 5.74) is 5.32. The molecule has 0 bridgehead atoms. The maximum absolute atomic E-state index is 11.7. The van der Waals surface area contributed by atoms with Gasteiger partial charge in [-0.05, 0) is 32.6 Å². The number of carbonyl (C=O) groups is 1. The molecule has 1 rings (SSSR count). The molecule has 0 spiro atoms. The normalized spacial score (nSPS) is 17.1. The van der Waals surface area contributed by atoms with E-state index in [0.717, 1.165) is 12.3 Å². The Hall–Kier alpha value is -0.280. The summed E-state index contributed by atoms with van der Waals surface area (Å²) in [4.78, 5) is 11.7. The number of hydrogen-bond donors (Lipinski definition) is 2. The van der Waals surface area contributed by atoms with Crippen LogP contribution in [0.15, 0.2) is 0 Å². The number of nitrogens with two attached hydrogens (primary N) is 1. The first-order valence-corrected chi connectivity index (χ1v) is 7.04. The summed E-state index contributed by atoms with van der Waals surface area (Å²) >= 11 is 0. The maximum atomic E-state index is 11.7. The smallest absolute Gasteiger partial charge is 0.220 e. The molecular weight excluding hydrogens is 248 g/mol. The monoisotopic (exact) mass is 276 g/mol. The third kappa shape index (κ3) is 7.22. The molecule has 0 aromatic heterocycles. The molecule has 0 saturated heterocycles. The highest BCUT2D eigenvalue weighted by Gasteiger charge is 2.18. The van der Waals surface area contributed by atoms with Crippen LogP contribution in [0.1, 0.15) is 65.2 Å². The highest BCUT2D eigenvalue weighted by Crippen LogP contribution is 2.27. The molecule has 18 heavy (non-hydrogen) atoms. The van der Waals surface area contributed by atoms with E-state index in [9.17, 15) is 4.79 Å². The molecular formula is C14H29ClN2O. The lowest BCUT2D eigenvalue weighted by Gasteiger charge is -2.25. The molecule has 1 amide bonds. The van der Waals surface area contributed by atoms with Crippen LogP contribution < -0.4 is 11.1 Å². The van der Waals surface area contributed by atoms with Gasteiger partial charge in [0.25, 0.3) is 0 Å². The van der Waals surface area contributed by atoms with Crippen molar-refractivity contribution < 1.29 is 4.79 Å². The van der Waals surface area contributed by atoms with Crippen LogP contribution in [-0.4, -0.2) is 18.0 Å². The SMILES string of the molecule is CC(C)(CN)NC(=O)CCCC1CCCCC1.Cl. The third-order valence-corrected chi connectivity index (χ3v) is 3.73. The lowest BCUT2D eigenvalue weighted by molar-refractivity contribution is -0.122. The first kappa shape index (κ1) is 17.7. The van der Waals surface area contributed by atoms with Crippen molar-refractivity contribution in [2.75, 3.05) is 6.54 Å². The van der Waals surface area contributed by atoms with Crippen molar-refractivity contribution in [2.45, 2.75) is 70.8 Å². The van der Waals surface area contributed by atoms with Crippen molar-refractivity contribution >= 4 is 18.3 Å². The number of rotatable bonds is 6. The summed E-state index contributed by atoms with van der Waals surface area (Å²) in [5.74, 6) is 1.02. The second-order valence-electron chi connectivity index (χ2n) is 6.03. The van der Waals surface area contributed by atoms with E-state index in [1.807, 2.05) is 13.8 Å². The topological polar surface area (TPSA) is 55.1 Å². The van der Waals surface area contributed by atoms with E-state index in [4.69, 9.17) is 5.73 Å². The van der Waals surface area contributed by atoms with Gasteiger partial charge < -0.3 is 11.1 Å². The average Bonchev–Trinajstić information content (AvgIpc) is 2.30. The van der Waals surface area contributed by atoms with Gasteiger partial charge in [0.1, 0.15) is 0 Å². The summed E-state index contributed by atoms with van der Waals surface area (Å²) < 4.78 is 0. The zero-order chi connectivity index (χ0) is 12.7. The first-order chi connectivity index (χ1) is 8.03. The van der Waals surface area contributed by atoms with E-state index in [1.165, 1.54) is 38.5 Å². The van der Waals surface area contributed by atoms with Crippen LogP contribution in [0.3, 0.4) is 0 Å². The van der Waals surface area contributed by atoms with Gasteiger partial charge in [0.2, 0.25) is 5.91 Å². The Labute approximate surface area is 118 Å². The number of amides is 1. The van der Waals surface area contributed by atoms with Crippen LogP contribution in [0.4, 0.5) is 0 Å². The Bertz CT molecular complexity index is 238. The average molecular weight is 277 g/mol. The predicted octanol–water partition coefficient (Wildman–Crippen LogP) is 3.01. The Morgan fingerprint density at radius 3 is 2.44 bits per heavy atom. The van der Waals surface area contributed by atoms with Crippen molar-refractivity contribution in [3.63, 3.8) is 0 Å². The Balaban J connectivity index is 0.00000289. The van der Waals surface area contributed by atoms with Crippen LogP contribution in [-0.2, 0) is 4.79 Å². The molecule has 3 N–H and O–H groups in total. The summed E-state index contributed by atoms with van der Waals surface area (Å²) in [6.45, 7) is 4.42. The lowest BCUT2D eigenvalue weighted by Crippen LogP contribution is -2.48. The Morgan fingerprint density at radius 2 is 1.89 bits per heavy atom. The molecule has 0 aromatic carbocycles. The van der Waals surface area contributed by atoms with Crippen LogP contribution >= 0.6 is 12.4 Å². The molecule has 3 nitrogen and oxygen atoms in total. The van der Waals surface area contributed by atoms with Crippen LogP contribution in [0, 0.1) is 5.92 Å². The lowest BCUT2D eigenvalue weighted by atomic mass is 9.86. The summed E-state index contributed by atoms with van der Waals surface area (Å²) in [7, 11) is 0. The number of halogens is 1. The van der Waals surface area contributed by atoms with Gasteiger partial charge >= 0.3 is 0 Å². The Morgan fingerprint density at radius 1 is 1.28 bits per heavy atom. The fourth-order valence-electron chi connectivity index (χ4n) is 2.52. The van der Waals surface area contributed by atoms with Crippen molar-refractivity contribution in [3.8, 4) is 0 Å². The van der Waals surface area contributed by atoms with Gasteiger partial charge in [-0.25, -0.2) is 0 Å². The van der Waals surface area contributed by atoms with Crippen molar-refractivity contribution in [1.29, 1.82) is 0 Å². The van der Waals surface area contributed by atoms with Crippen molar-refractivity contribution in [1.82, 2.24) is 5.32 Å². The number of hydrogen-bond acceptors (Lipinski definition) is 2. The molecule has 1 aliphatic rings. The molecule has 0 aromatic rings. The van der Waals surface area contributed by atoms with Gasteiger partial charge in [0.15, 0.2) is 0 Å². The molecule has 4 heteroatoms. The largest absolute Gasteiger partial charge is 0.350 e. The van der Waals surface area contributed by atoms with Crippen molar-refractivity contribution in [3.05, 3.63) is 0 Å². The van der Waals surface area contributed by atoms with Crippen LogP contribution in [0.25, 0.3) is 0 Å². The minimum Gasteiger partial charge on any atom is -0.350 e. The first-order valence-electron chi connectivity index (χ1n) is 7.04. The number of nitrogens with one attached hydrogen (secondary N) is 1. The van der Waals surface area contributed by atoms with Gasteiger partial charge in [-0.1, -0.05) is 32.1 Å². The van der Waals surface area contributed by atoms with Gasteiger partial charge in [0.05, 0.1) is 0 Å². The van der Waals surface area contributed by atoms with E-state index < -0.39 is 0 Å². The van der Waals surface area contributed by atoms with Crippen molar-refractivity contribution in [2.24, 2.45) is 11.7 Å². The summed E-state index contributed by atoms with van der Waals surface area (Å²) in [6.07, 6.45) is 9.81. The molecule has 1 aliphatic carbocycles. The van der Waals surface area contributed by atoms with E-state index in [1.54, 1.807) is 0 Å². The minimum absolute atomic E-state index is 0. The van der Waals surface area contributed by atoms with E-state index in [-0.39, 0.29) is 23.9 Å². The molecule has 1 saturated carbocycles. The van der Waals surface area contributed by atoms with E-state index >= 15 is 0 Å². The fraction of sp³-hybridized carbons (Fsp3) is 0.929. The minimum atomic E-state index is -0.262. The second kappa shape index (κ2) is 8.76. The van der Waals surface area contributed by atoms with Gasteiger partial charge in [-0.2, -0.15) is 0 Å². The summed E-state index contributed by atoms with van der Waals surface area (Å²) in [5, 5.41) is 2.98. The third-order valence-electron chi connectivity index (χ3n) is 3.73. The Kier molecular flexibility index (Phi) is 8.62. The molecule has 108 valence electrons. The van der Waals surface area contributed by atoms with Gasteiger partial charge in [0, 0.05) is 18.5 Å². The van der Waals surface area contributed by atoms with Crippen LogP contribution in [0.2, 0.25) is 0 Å². The second-order valence-corrected chi connectivity index (χ2v) is 6.03. The zero-order valence-electron chi connectivity index (χ0n) is 11.8. The quantitative estimate of drug-likeness (QED) is 0.784. The summed E-state index contributed by atoms with van der Waals surface area (Å²) in [6, 6.07) is 0. The highest BCUT2D eigenvalue weighted by atomic mass is 35.5. The molecule has 0 unspecified atom stereocenters. The predicted molar refractivity (Wildman–Crippen MR) is 79.0 cm³/mol. The molecule has 1 fully saturated rings. The van der Waals surface area contributed by atoms with E-state index in [0.29, 0.717) is 13.0 Å². The zero-order valence-corrected chi connectivity index (χ0v) is 12.7. The van der Waals surface area contributed by atoms with Gasteiger partial charge in [-0.3, -0.25) is 4.79 Å². The number of carbonyl (C=O) groups excluding carboxylic acids is 1. The highest BCUT2D eigenvalue weighted by molar-refractivity contribution is 5.85. The molecule has 0 heterocycles. The fourth-order valence-corrected chi connectivity index (χ4v) is 2.52. The maximum Gasteiger partial charge on any atom is 0.220 e. The van der Waals surface area contributed by atoms with Crippen LogP contribution in [0.5, 0.6) is 0 Å². The molecule has 0 radical (unpaired) electrons. The standard InChI is InChI=1S/C14H28N2O.ClH/c1-14(2,11-15)16-13(17)10-6-9-12-7-4-3-5-8-12;/h12H,3-11,15H2,1-2H3,(H,16,17);1H. The molecule has 0 aliphatic heterocycles.